The fraction of sp³-hybridized carbons (Fsp3) is 0.154. The molecule has 0 saturated carbocycles. The lowest BCUT2D eigenvalue weighted by Crippen LogP contribution is -2.04. The average molecular weight is 196 g/mol. The lowest BCUT2D eigenvalue weighted by atomic mass is 10.1. The van der Waals surface area contributed by atoms with Gasteiger partial charge in [-0.25, -0.2) is 0 Å². The van der Waals surface area contributed by atoms with E-state index in [4.69, 9.17) is 0 Å². The molecule has 0 aliphatic rings. The summed E-state index contributed by atoms with van der Waals surface area (Å²) in [5.41, 5.74) is 1.96. The maximum absolute atomic E-state index is 4.34. The highest BCUT2D eigenvalue weighted by Crippen LogP contribution is 2.14. The molecule has 0 radical (unpaired) electrons. The van der Waals surface area contributed by atoms with Gasteiger partial charge in [-0.2, -0.15) is 0 Å². The predicted octanol–water partition coefficient (Wildman–Crippen LogP) is 1.81. The molecule has 15 heavy (non-hydrogen) atoms. The highest BCUT2D eigenvalue weighted by Gasteiger charge is 1.96. The van der Waals surface area contributed by atoms with Crippen molar-refractivity contribution >= 4 is 10.9 Å². The fourth-order valence-electron chi connectivity index (χ4n) is 1.43. The minimum absolute atomic E-state index is 0.698. The molecule has 0 bridgehead atoms. The van der Waals surface area contributed by atoms with Crippen LogP contribution in [0.15, 0.2) is 36.5 Å². The Kier molecular flexibility index (Phi) is 2.96. The van der Waals surface area contributed by atoms with Gasteiger partial charge in [-0.3, -0.25) is 4.98 Å². The van der Waals surface area contributed by atoms with Crippen LogP contribution in [0.5, 0.6) is 0 Å². The van der Waals surface area contributed by atoms with Gasteiger partial charge in [-0.05, 0) is 19.2 Å². The van der Waals surface area contributed by atoms with E-state index in [1.54, 1.807) is 6.20 Å². The lowest BCUT2D eigenvalue weighted by Gasteiger charge is -1.98. The SMILES string of the molecule is CNCC#Cc1cccc2cccnc12. The summed E-state index contributed by atoms with van der Waals surface area (Å²) in [4.78, 5) is 4.34. The Labute approximate surface area is 89.3 Å². The molecule has 1 aromatic carbocycles. The van der Waals surface area contributed by atoms with Gasteiger partial charge in [0.1, 0.15) is 0 Å². The molecule has 2 heteroatoms. The van der Waals surface area contributed by atoms with Crippen molar-refractivity contribution < 1.29 is 0 Å². The van der Waals surface area contributed by atoms with Crippen LogP contribution in [0.1, 0.15) is 5.56 Å². The first kappa shape index (κ1) is 9.70. The van der Waals surface area contributed by atoms with E-state index in [-0.39, 0.29) is 0 Å². The van der Waals surface area contributed by atoms with Gasteiger partial charge >= 0.3 is 0 Å². The molecule has 0 fully saturated rings. The number of pyridine rings is 1. The Bertz CT molecular complexity index is 515. The summed E-state index contributed by atoms with van der Waals surface area (Å²) in [7, 11) is 1.88. The molecule has 74 valence electrons. The van der Waals surface area contributed by atoms with Crippen molar-refractivity contribution in [2.45, 2.75) is 0 Å². The zero-order valence-corrected chi connectivity index (χ0v) is 8.62. The lowest BCUT2D eigenvalue weighted by molar-refractivity contribution is 0.938. The average Bonchev–Trinajstić information content (AvgIpc) is 2.30. The first-order valence-electron chi connectivity index (χ1n) is 4.89. The Morgan fingerprint density at radius 3 is 3.00 bits per heavy atom. The van der Waals surface area contributed by atoms with Crippen molar-refractivity contribution in [3.8, 4) is 11.8 Å². The maximum atomic E-state index is 4.34. The molecule has 1 heterocycles. The predicted molar refractivity (Wildman–Crippen MR) is 62.5 cm³/mol. The first-order chi connectivity index (χ1) is 7.42. The van der Waals surface area contributed by atoms with E-state index in [1.165, 1.54) is 0 Å². The van der Waals surface area contributed by atoms with Gasteiger partial charge in [-0.15, -0.1) is 0 Å². The van der Waals surface area contributed by atoms with E-state index in [0.717, 1.165) is 16.5 Å². The Hall–Kier alpha value is -1.85. The monoisotopic (exact) mass is 196 g/mol. The number of aromatic nitrogens is 1. The standard InChI is InChI=1S/C13H12N2/c1-14-9-3-7-11-5-2-6-12-8-4-10-15-13(11)12/h2,4-6,8,10,14H,9H2,1H3. The van der Waals surface area contributed by atoms with Gasteiger partial charge in [0.2, 0.25) is 0 Å². The van der Waals surface area contributed by atoms with Crippen molar-refractivity contribution in [3.05, 3.63) is 42.1 Å². The molecule has 0 spiro atoms. The van der Waals surface area contributed by atoms with E-state index in [1.807, 2.05) is 37.4 Å². The van der Waals surface area contributed by atoms with Crippen LogP contribution in [0.3, 0.4) is 0 Å². The third kappa shape index (κ3) is 2.15. The van der Waals surface area contributed by atoms with Crippen molar-refractivity contribution in [1.82, 2.24) is 10.3 Å². The highest BCUT2D eigenvalue weighted by molar-refractivity contribution is 5.84. The summed E-state index contributed by atoms with van der Waals surface area (Å²) in [6.07, 6.45) is 1.80. The van der Waals surface area contributed by atoms with Crippen molar-refractivity contribution in [3.63, 3.8) is 0 Å². The molecule has 0 atom stereocenters. The van der Waals surface area contributed by atoms with Gasteiger partial charge in [0.25, 0.3) is 0 Å². The second-order valence-electron chi connectivity index (χ2n) is 3.21. The van der Waals surface area contributed by atoms with Gasteiger partial charge in [-0.1, -0.05) is 30.0 Å². The first-order valence-corrected chi connectivity index (χ1v) is 4.89. The third-order valence-electron chi connectivity index (χ3n) is 2.12. The molecular formula is C13H12N2. The van der Waals surface area contributed by atoms with E-state index in [9.17, 15) is 0 Å². The summed E-state index contributed by atoms with van der Waals surface area (Å²) in [6, 6.07) is 10.0. The number of fused-ring (bicyclic) bond motifs is 1. The molecule has 2 aromatic rings. The summed E-state index contributed by atoms with van der Waals surface area (Å²) < 4.78 is 0. The van der Waals surface area contributed by atoms with Crippen LogP contribution < -0.4 is 5.32 Å². The number of benzene rings is 1. The fourth-order valence-corrected chi connectivity index (χ4v) is 1.43. The van der Waals surface area contributed by atoms with Crippen LogP contribution in [0.25, 0.3) is 10.9 Å². The molecule has 0 aliphatic heterocycles. The summed E-state index contributed by atoms with van der Waals surface area (Å²) in [6.45, 7) is 0.698. The van der Waals surface area contributed by atoms with Gasteiger partial charge in [0, 0.05) is 11.6 Å². The third-order valence-corrected chi connectivity index (χ3v) is 2.12. The molecule has 2 nitrogen and oxygen atoms in total. The summed E-state index contributed by atoms with van der Waals surface area (Å²) in [5, 5.41) is 4.13. The van der Waals surface area contributed by atoms with Gasteiger partial charge < -0.3 is 5.32 Å². The van der Waals surface area contributed by atoms with Crippen LogP contribution in [0.4, 0.5) is 0 Å². The molecule has 0 amide bonds. The molecule has 0 saturated heterocycles. The van der Waals surface area contributed by atoms with Crippen LogP contribution in [-0.2, 0) is 0 Å². The number of hydrogen-bond donors (Lipinski definition) is 1. The molecule has 1 N–H and O–H groups in total. The van der Waals surface area contributed by atoms with Gasteiger partial charge in [0.15, 0.2) is 0 Å². The zero-order chi connectivity index (χ0) is 10.5. The Morgan fingerprint density at radius 2 is 2.13 bits per heavy atom. The second kappa shape index (κ2) is 4.59. The smallest absolute Gasteiger partial charge is 0.0858 e. The van der Waals surface area contributed by atoms with E-state index >= 15 is 0 Å². The van der Waals surface area contributed by atoms with E-state index < -0.39 is 0 Å². The maximum Gasteiger partial charge on any atom is 0.0858 e. The Morgan fingerprint density at radius 1 is 1.27 bits per heavy atom. The Balaban J connectivity index is 2.48. The number of rotatable bonds is 1. The quantitative estimate of drug-likeness (QED) is 0.703. The van der Waals surface area contributed by atoms with E-state index in [2.05, 4.69) is 22.1 Å². The largest absolute Gasteiger partial charge is 0.309 e. The van der Waals surface area contributed by atoms with Crippen LogP contribution in [0, 0.1) is 11.8 Å². The van der Waals surface area contributed by atoms with Crippen molar-refractivity contribution in [2.75, 3.05) is 13.6 Å². The van der Waals surface area contributed by atoms with Crippen LogP contribution in [-0.4, -0.2) is 18.6 Å². The number of nitrogens with zero attached hydrogens (tertiary/aromatic N) is 1. The minimum atomic E-state index is 0.698. The molecule has 1 aromatic heterocycles. The summed E-state index contributed by atoms with van der Waals surface area (Å²) >= 11 is 0. The molecule has 0 unspecified atom stereocenters. The second-order valence-corrected chi connectivity index (χ2v) is 3.21. The van der Waals surface area contributed by atoms with Crippen molar-refractivity contribution in [2.24, 2.45) is 0 Å². The normalized spacial score (nSPS) is 9.67. The minimum Gasteiger partial charge on any atom is -0.309 e. The molecular weight excluding hydrogens is 184 g/mol. The van der Waals surface area contributed by atoms with E-state index in [0.29, 0.717) is 6.54 Å². The highest BCUT2D eigenvalue weighted by atomic mass is 14.8. The van der Waals surface area contributed by atoms with Crippen LogP contribution >= 0.6 is 0 Å². The molecule has 2 rings (SSSR count). The topological polar surface area (TPSA) is 24.9 Å². The number of para-hydroxylation sites is 1. The zero-order valence-electron chi connectivity index (χ0n) is 8.62. The summed E-state index contributed by atoms with van der Waals surface area (Å²) in [5.74, 6) is 6.16. The number of nitrogens with one attached hydrogen (secondary N) is 1. The molecule has 0 aliphatic carbocycles. The van der Waals surface area contributed by atoms with Crippen LogP contribution in [0.2, 0.25) is 0 Å². The number of hydrogen-bond acceptors (Lipinski definition) is 2. The van der Waals surface area contributed by atoms with Gasteiger partial charge in [0.05, 0.1) is 17.6 Å². The van der Waals surface area contributed by atoms with Crippen molar-refractivity contribution in [1.29, 1.82) is 0 Å².